The fraction of sp³-hybridized carbons (Fsp3) is 0.387. The number of para-hydroxylation sites is 1. The number of likely N-dealkylation sites (tertiary alicyclic amines) is 1. The minimum absolute atomic E-state index is 0.00251. The fourth-order valence-corrected chi connectivity index (χ4v) is 5.87. The maximum atomic E-state index is 13.5. The predicted molar refractivity (Wildman–Crippen MR) is 154 cm³/mol. The lowest BCUT2D eigenvalue weighted by atomic mass is 10.00. The number of amides is 2. The minimum Gasteiger partial charge on any atom is -0.496 e. The summed E-state index contributed by atoms with van der Waals surface area (Å²) in [6.45, 7) is 2.76. The summed E-state index contributed by atoms with van der Waals surface area (Å²) in [5, 5.41) is 9.11. The molecule has 6 rings (SSSR count). The van der Waals surface area contributed by atoms with Crippen molar-refractivity contribution in [2.75, 3.05) is 43.1 Å². The topological polar surface area (TPSA) is 121 Å². The maximum Gasteiger partial charge on any atom is 0.414 e. The third-order valence-electron chi connectivity index (χ3n) is 8.10. The number of aromatic nitrogens is 2. The van der Waals surface area contributed by atoms with E-state index in [1.165, 1.54) is 0 Å². The van der Waals surface area contributed by atoms with Gasteiger partial charge in [0.2, 0.25) is 5.95 Å². The summed E-state index contributed by atoms with van der Waals surface area (Å²) < 4.78 is 17.3. The highest BCUT2D eigenvalue weighted by atomic mass is 16.6. The number of carbonyl (C=O) groups excluding carboxylic acids is 2. The Balaban J connectivity index is 1.06. The monoisotopic (exact) mass is 568 g/mol. The zero-order valence-corrected chi connectivity index (χ0v) is 23.4. The van der Waals surface area contributed by atoms with E-state index in [0.29, 0.717) is 67.7 Å². The Morgan fingerprint density at radius 2 is 1.83 bits per heavy atom. The number of rotatable bonds is 6. The van der Waals surface area contributed by atoms with Crippen molar-refractivity contribution < 1.29 is 23.8 Å². The molecule has 0 spiro atoms. The molecule has 0 atom stereocenters. The molecule has 0 N–H and O–H groups in total. The van der Waals surface area contributed by atoms with Crippen LogP contribution in [0.15, 0.2) is 54.7 Å². The van der Waals surface area contributed by atoms with Crippen LogP contribution in [0.2, 0.25) is 0 Å². The summed E-state index contributed by atoms with van der Waals surface area (Å²) in [5.74, 6) is 1.56. The van der Waals surface area contributed by atoms with Gasteiger partial charge in [0, 0.05) is 62.9 Å². The Labute approximate surface area is 244 Å². The standard InChI is InChI=1S/C31H32N6O5/c1-40-28-18-25(42-24-11-16-36(17-12-24)30-33-13-8-22(19-32)34-30)6-7-26(28)29(38)35-14-9-23(10-15-35)37-27-5-3-2-4-21(27)20-41-31(37)39/h2-8,13,18,23-24H,9-12,14-17,20H2,1H3. The van der Waals surface area contributed by atoms with Gasteiger partial charge in [0.15, 0.2) is 0 Å². The normalized spacial score (nSPS) is 17.7. The van der Waals surface area contributed by atoms with Crippen LogP contribution in [-0.4, -0.2) is 72.3 Å². The van der Waals surface area contributed by atoms with E-state index in [4.69, 9.17) is 19.5 Å². The van der Waals surface area contributed by atoms with Crippen molar-refractivity contribution in [3.05, 3.63) is 71.5 Å². The quantitative estimate of drug-likeness (QED) is 0.431. The second-order valence-corrected chi connectivity index (χ2v) is 10.6. The lowest BCUT2D eigenvalue weighted by Crippen LogP contribution is -2.50. The molecule has 3 aliphatic rings. The molecule has 1 aromatic heterocycles. The van der Waals surface area contributed by atoms with Gasteiger partial charge in [0.05, 0.1) is 18.4 Å². The van der Waals surface area contributed by atoms with E-state index in [0.717, 1.165) is 24.1 Å². The van der Waals surface area contributed by atoms with Crippen molar-refractivity contribution in [2.24, 2.45) is 0 Å². The third-order valence-corrected chi connectivity index (χ3v) is 8.10. The second kappa shape index (κ2) is 11.9. The molecule has 2 amide bonds. The van der Waals surface area contributed by atoms with Crippen LogP contribution in [0, 0.1) is 11.3 Å². The Kier molecular flexibility index (Phi) is 7.77. The van der Waals surface area contributed by atoms with Crippen molar-refractivity contribution in [3.63, 3.8) is 0 Å². The Bertz CT molecular complexity index is 1510. The molecule has 3 aromatic rings. The number of benzene rings is 2. The first-order chi connectivity index (χ1) is 20.5. The van der Waals surface area contributed by atoms with E-state index in [1.54, 1.807) is 36.4 Å². The predicted octanol–water partition coefficient (Wildman–Crippen LogP) is 4.17. The number of fused-ring (bicyclic) bond motifs is 1. The molecular weight excluding hydrogens is 536 g/mol. The van der Waals surface area contributed by atoms with E-state index in [2.05, 4.69) is 20.9 Å². The van der Waals surface area contributed by atoms with Crippen molar-refractivity contribution in [1.82, 2.24) is 14.9 Å². The van der Waals surface area contributed by atoms with E-state index >= 15 is 0 Å². The first-order valence-corrected chi connectivity index (χ1v) is 14.2. The van der Waals surface area contributed by atoms with Crippen LogP contribution in [0.1, 0.15) is 47.3 Å². The number of ether oxygens (including phenoxy) is 3. The molecule has 11 heteroatoms. The first kappa shape index (κ1) is 27.3. The summed E-state index contributed by atoms with van der Waals surface area (Å²) in [6, 6.07) is 16.8. The Morgan fingerprint density at radius 3 is 2.60 bits per heavy atom. The zero-order chi connectivity index (χ0) is 29.1. The van der Waals surface area contributed by atoms with Crippen LogP contribution in [0.25, 0.3) is 0 Å². The van der Waals surface area contributed by atoms with Gasteiger partial charge in [-0.05, 0) is 37.1 Å². The molecule has 11 nitrogen and oxygen atoms in total. The largest absolute Gasteiger partial charge is 0.496 e. The molecule has 2 saturated heterocycles. The van der Waals surface area contributed by atoms with Crippen molar-refractivity contribution in [3.8, 4) is 17.6 Å². The molecule has 0 saturated carbocycles. The summed E-state index contributed by atoms with van der Waals surface area (Å²) in [5.41, 5.74) is 2.72. The second-order valence-electron chi connectivity index (χ2n) is 10.6. The van der Waals surface area contributed by atoms with Gasteiger partial charge >= 0.3 is 6.09 Å². The summed E-state index contributed by atoms with van der Waals surface area (Å²) in [7, 11) is 1.55. The average Bonchev–Trinajstić information content (AvgIpc) is 3.05. The average molecular weight is 569 g/mol. The van der Waals surface area contributed by atoms with Crippen LogP contribution >= 0.6 is 0 Å². The number of cyclic esters (lactones) is 1. The van der Waals surface area contributed by atoms with Gasteiger partial charge in [-0.1, -0.05) is 18.2 Å². The third kappa shape index (κ3) is 5.52. The van der Waals surface area contributed by atoms with E-state index in [9.17, 15) is 9.59 Å². The molecule has 0 bridgehead atoms. The smallest absolute Gasteiger partial charge is 0.414 e. The first-order valence-electron chi connectivity index (χ1n) is 14.2. The van der Waals surface area contributed by atoms with Gasteiger partial charge < -0.3 is 24.0 Å². The number of nitrogens with zero attached hydrogens (tertiary/aromatic N) is 6. The summed E-state index contributed by atoms with van der Waals surface area (Å²) in [4.78, 5) is 40.3. The molecule has 3 aliphatic heterocycles. The molecule has 0 radical (unpaired) electrons. The Hall–Kier alpha value is -4.85. The van der Waals surface area contributed by atoms with Gasteiger partial charge in [-0.25, -0.2) is 14.8 Å². The van der Waals surface area contributed by atoms with Gasteiger partial charge in [0.1, 0.15) is 36.0 Å². The highest BCUT2D eigenvalue weighted by Crippen LogP contribution is 2.33. The van der Waals surface area contributed by atoms with E-state index in [1.807, 2.05) is 35.2 Å². The highest BCUT2D eigenvalue weighted by Gasteiger charge is 2.35. The Morgan fingerprint density at radius 1 is 1.05 bits per heavy atom. The van der Waals surface area contributed by atoms with Gasteiger partial charge in [0.25, 0.3) is 5.91 Å². The molecule has 216 valence electrons. The van der Waals surface area contributed by atoms with Crippen LogP contribution in [0.5, 0.6) is 11.5 Å². The molecule has 0 aliphatic carbocycles. The van der Waals surface area contributed by atoms with E-state index < -0.39 is 0 Å². The lowest BCUT2D eigenvalue weighted by molar-refractivity contribution is 0.0705. The lowest BCUT2D eigenvalue weighted by Gasteiger charge is -2.40. The SMILES string of the molecule is COc1cc(OC2CCN(c3nccc(C#N)n3)CC2)ccc1C(=O)N1CCC(N2C(=O)OCc3ccccc32)CC1. The number of nitriles is 1. The number of methoxy groups -OCH3 is 1. The van der Waals surface area contributed by atoms with Crippen LogP contribution in [0.3, 0.4) is 0 Å². The van der Waals surface area contributed by atoms with Gasteiger partial charge in [-0.3, -0.25) is 9.69 Å². The number of piperidine rings is 2. The molecular formula is C31H32N6O5. The highest BCUT2D eigenvalue weighted by molar-refractivity contribution is 5.97. The van der Waals surface area contributed by atoms with Crippen molar-refractivity contribution in [2.45, 2.75) is 44.4 Å². The van der Waals surface area contributed by atoms with Crippen LogP contribution in [0.4, 0.5) is 16.4 Å². The zero-order valence-electron chi connectivity index (χ0n) is 23.4. The van der Waals surface area contributed by atoms with Crippen LogP contribution < -0.4 is 19.3 Å². The fourth-order valence-electron chi connectivity index (χ4n) is 5.87. The molecule has 2 fully saturated rings. The van der Waals surface area contributed by atoms with Crippen LogP contribution in [-0.2, 0) is 11.3 Å². The number of hydrogen-bond donors (Lipinski definition) is 0. The summed E-state index contributed by atoms with van der Waals surface area (Å²) in [6.07, 6.45) is 4.12. The van der Waals surface area contributed by atoms with E-state index in [-0.39, 0.29) is 30.8 Å². The van der Waals surface area contributed by atoms with Crippen molar-refractivity contribution in [1.29, 1.82) is 5.26 Å². The minimum atomic E-state index is -0.331. The summed E-state index contributed by atoms with van der Waals surface area (Å²) >= 11 is 0. The maximum absolute atomic E-state index is 13.5. The molecule has 0 unspecified atom stereocenters. The number of hydrogen-bond acceptors (Lipinski definition) is 9. The molecule has 42 heavy (non-hydrogen) atoms. The molecule has 4 heterocycles. The van der Waals surface area contributed by atoms with Gasteiger partial charge in [-0.15, -0.1) is 0 Å². The van der Waals surface area contributed by atoms with Gasteiger partial charge in [-0.2, -0.15) is 5.26 Å². The van der Waals surface area contributed by atoms with Crippen molar-refractivity contribution >= 4 is 23.6 Å². The molecule has 2 aromatic carbocycles. The number of anilines is 2. The number of carbonyl (C=O) groups is 2.